The van der Waals surface area contributed by atoms with Crippen LogP contribution in [0, 0.1) is 17.8 Å². The molecule has 0 amide bonds. The summed E-state index contributed by atoms with van der Waals surface area (Å²) in [5.74, 6) is 7.01. The lowest BCUT2D eigenvalue weighted by Gasteiger charge is -2.40. The third-order valence-corrected chi connectivity index (χ3v) is 15.1. The molecule has 1 N–H and O–H groups in total. The minimum absolute atomic E-state index is 0.128. The topological polar surface area (TPSA) is 42.8 Å². The van der Waals surface area contributed by atoms with Gasteiger partial charge in [0.1, 0.15) is 35.6 Å². The van der Waals surface area contributed by atoms with Gasteiger partial charge in [0, 0.05) is 23.0 Å². The van der Waals surface area contributed by atoms with Crippen LogP contribution in [0.15, 0.2) is 101 Å². The van der Waals surface area contributed by atoms with Crippen LogP contribution in [0.5, 0.6) is 5.75 Å². The molecule has 8 atom stereocenters. The molecular formula is C50H56N2O2. The number of benzene rings is 4. The zero-order chi connectivity index (χ0) is 35.6. The van der Waals surface area contributed by atoms with Crippen molar-refractivity contribution in [1.82, 2.24) is 5.32 Å². The lowest BCUT2D eigenvalue weighted by molar-refractivity contribution is 0.0745. The average molecular weight is 717 g/mol. The Morgan fingerprint density at radius 2 is 1.28 bits per heavy atom. The van der Waals surface area contributed by atoms with Crippen LogP contribution < -0.4 is 10.1 Å². The molecule has 4 heteroatoms. The summed E-state index contributed by atoms with van der Waals surface area (Å²) in [7, 11) is 0. The lowest BCUT2D eigenvalue weighted by atomic mass is 9.65. The van der Waals surface area contributed by atoms with E-state index in [4.69, 9.17) is 14.5 Å². The maximum atomic E-state index is 7.02. The molecular weight excluding hydrogens is 661 g/mol. The van der Waals surface area contributed by atoms with Gasteiger partial charge in [-0.05, 0) is 121 Å². The Bertz CT molecular complexity index is 2090. The van der Waals surface area contributed by atoms with Gasteiger partial charge in [0.2, 0.25) is 0 Å². The van der Waals surface area contributed by atoms with Crippen LogP contribution in [-0.4, -0.2) is 18.0 Å². The van der Waals surface area contributed by atoms with E-state index in [1.165, 1.54) is 129 Å². The number of ether oxygens (including phenoxy) is 2. The van der Waals surface area contributed by atoms with Crippen LogP contribution in [0.4, 0.5) is 0 Å². The zero-order valence-electron chi connectivity index (χ0n) is 31.9. The second-order valence-electron chi connectivity index (χ2n) is 18.1. The van der Waals surface area contributed by atoms with Crippen molar-refractivity contribution < 1.29 is 9.47 Å². The predicted octanol–water partition coefficient (Wildman–Crippen LogP) is 12.4. The summed E-state index contributed by atoms with van der Waals surface area (Å²) in [4.78, 5) is 5.65. The number of nitrogens with one attached hydrogen (secondary N) is 1. The van der Waals surface area contributed by atoms with Crippen molar-refractivity contribution in [2.45, 2.75) is 139 Å². The summed E-state index contributed by atoms with van der Waals surface area (Å²) in [6, 6.07) is 32.2. The molecule has 0 bridgehead atoms. The molecule has 0 saturated heterocycles. The molecule has 3 heterocycles. The maximum Gasteiger partial charge on any atom is 0.145 e. The van der Waals surface area contributed by atoms with Gasteiger partial charge in [-0.25, -0.2) is 0 Å². The quantitative estimate of drug-likeness (QED) is 0.224. The molecule has 4 aliphatic carbocycles. The fraction of sp³-hybridized carbons (Fsp3) is 0.500. The van der Waals surface area contributed by atoms with Gasteiger partial charge in [0.05, 0.1) is 5.70 Å². The van der Waals surface area contributed by atoms with Crippen molar-refractivity contribution in [2.24, 2.45) is 22.7 Å². The van der Waals surface area contributed by atoms with Crippen molar-refractivity contribution in [2.75, 3.05) is 0 Å². The first-order chi connectivity index (χ1) is 26.7. The predicted molar refractivity (Wildman–Crippen MR) is 218 cm³/mol. The minimum atomic E-state index is -0.128. The number of fused-ring (bicyclic) bond motifs is 7. The highest BCUT2D eigenvalue weighted by Crippen LogP contribution is 2.55. The summed E-state index contributed by atoms with van der Waals surface area (Å²) in [5, 5.41) is 6.63. The number of hydrogen-bond acceptors (Lipinski definition) is 4. The first-order valence-corrected chi connectivity index (χ1v) is 21.9. The molecule has 4 nitrogen and oxygen atoms in total. The van der Waals surface area contributed by atoms with E-state index in [9.17, 15) is 0 Å². The summed E-state index contributed by atoms with van der Waals surface area (Å²) in [6.45, 7) is 0. The Kier molecular flexibility index (Phi) is 8.58. The van der Waals surface area contributed by atoms with Crippen LogP contribution in [0.2, 0.25) is 0 Å². The molecule has 0 radical (unpaired) electrons. The summed E-state index contributed by atoms with van der Waals surface area (Å²) >= 11 is 0. The molecule has 4 aromatic carbocycles. The first-order valence-electron chi connectivity index (χ1n) is 21.9. The number of aliphatic imine (C=N–C) groups is 1. The van der Waals surface area contributed by atoms with Crippen LogP contribution in [0.1, 0.15) is 154 Å². The number of nitrogens with zero attached hydrogens (tertiary/aromatic N) is 1. The second kappa shape index (κ2) is 13.9. The van der Waals surface area contributed by atoms with Crippen molar-refractivity contribution >= 4 is 16.6 Å². The van der Waals surface area contributed by atoms with E-state index in [0.717, 1.165) is 42.0 Å². The molecule has 0 spiro atoms. The van der Waals surface area contributed by atoms with E-state index in [1.54, 1.807) is 5.56 Å². The number of amidine groups is 1. The van der Waals surface area contributed by atoms with E-state index in [-0.39, 0.29) is 18.2 Å². The molecule has 4 aromatic rings. The van der Waals surface area contributed by atoms with Gasteiger partial charge < -0.3 is 14.8 Å². The monoisotopic (exact) mass is 716 g/mol. The Morgan fingerprint density at radius 3 is 2.19 bits per heavy atom. The first kappa shape index (κ1) is 33.3. The van der Waals surface area contributed by atoms with E-state index >= 15 is 0 Å². The van der Waals surface area contributed by atoms with Gasteiger partial charge in [0.25, 0.3) is 0 Å². The highest BCUT2D eigenvalue weighted by molar-refractivity contribution is 6.12. The van der Waals surface area contributed by atoms with Crippen LogP contribution in [0.3, 0.4) is 0 Å². The third kappa shape index (κ3) is 5.80. The molecule has 7 aliphatic rings. The molecule has 0 aromatic heterocycles. The van der Waals surface area contributed by atoms with Crippen molar-refractivity contribution in [3.63, 3.8) is 0 Å². The highest BCUT2D eigenvalue weighted by Gasteiger charge is 2.46. The fourth-order valence-corrected chi connectivity index (χ4v) is 12.4. The Morgan fingerprint density at radius 1 is 0.537 bits per heavy atom. The molecule has 54 heavy (non-hydrogen) atoms. The zero-order valence-corrected chi connectivity index (χ0v) is 31.9. The van der Waals surface area contributed by atoms with Crippen molar-refractivity contribution in [3.8, 4) is 5.75 Å². The molecule has 8 unspecified atom stereocenters. The lowest BCUT2D eigenvalue weighted by Crippen LogP contribution is -2.34. The Hall–Kier alpha value is -4.05. The van der Waals surface area contributed by atoms with E-state index in [1.807, 2.05) is 0 Å². The van der Waals surface area contributed by atoms with Crippen molar-refractivity contribution in [3.05, 3.63) is 124 Å². The molecule has 3 aliphatic heterocycles. The van der Waals surface area contributed by atoms with E-state index in [2.05, 4.69) is 90.2 Å². The second-order valence-corrected chi connectivity index (χ2v) is 18.1. The molecule has 11 rings (SSSR count). The van der Waals surface area contributed by atoms with Gasteiger partial charge in [-0.1, -0.05) is 117 Å². The largest absolute Gasteiger partial charge is 0.490 e. The minimum Gasteiger partial charge on any atom is -0.490 e. The van der Waals surface area contributed by atoms with Crippen LogP contribution >= 0.6 is 0 Å². The smallest absolute Gasteiger partial charge is 0.145 e. The summed E-state index contributed by atoms with van der Waals surface area (Å²) in [5.41, 5.74) is 8.25. The molecule has 278 valence electrons. The van der Waals surface area contributed by atoms with E-state index < -0.39 is 0 Å². The summed E-state index contributed by atoms with van der Waals surface area (Å²) < 4.78 is 13.9. The van der Waals surface area contributed by atoms with Gasteiger partial charge in [0.15, 0.2) is 0 Å². The standard InChI is InChI=1S/C50H56N2O2/c1-3-13-31(14-4-1)33-17-11-19-35(27-33)36-25-26-44-42(29-36)46-39-22-8-7-21-38(39)41(30-45(46)53-44)50-51-47(49-48(52-50)40-23-9-10-24-43(40)54-49)37-20-12-18-34(28-37)32-15-5-2-6-16-32/h1,3-4,7-8,12-14,18,20-22,28,30,32-33,35-36,40,42-44,47H,2,5-6,9-11,15-17,19,23-27,29H2,(H,51,52). The van der Waals surface area contributed by atoms with Gasteiger partial charge >= 0.3 is 0 Å². The third-order valence-electron chi connectivity index (χ3n) is 15.1. The van der Waals surface area contributed by atoms with Crippen molar-refractivity contribution in [1.29, 1.82) is 0 Å². The molecule has 4 fully saturated rings. The highest BCUT2D eigenvalue weighted by atomic mass is 16.5. The Balaban J connectivity index is 0.943. The SMILES string of the molecule is c1ccc(C2CCCC(C3CCC4Oc5cc(C6=NC(c7cccc(C8CCCCC8)c7)C7=C(N6)C6CCCCC6O7)c6ccccc6c5C4C3)C2)cc1. The summed E-state index contributed by atoms with van der Waals surface area (Å²) in [6.07, 6.45) is 21.2. The number of hydrogen-bond donors (Lipinski definition) is 1. The average Bonchev–Trinajstić information content (AvgIpc) is 3.82. The van der Waals surface area contributed by atoms with E-state index in [0.29, 0.717) is 23.7 Å². The fourth-order valence-electron chi connectivity index (χ4n) is 12.4. The van der Waals surface area contributed by atoms with Crippen LogP contribution in [-0.2, 0) is 4.74 Å². The Labute approximate surface area is 321 Å². The van der Waals surface area contributed by atoms with Crippen LogP contribution in [0.25, 0.3) is 10.8 Å². The normalized spacial score (nSPS) is 32.0. The molecule has 4 saturated carbocycles. The number of rotatable bonds is 5. The van der Waals surface area contributed by atoms with Gasteiger partial charge in [-0.15, -0.1) is 0 Å². The van der Waals surface area contributed by atoms with Gasteiger partial charge in [-0.2, -0.15) is 0 Å². The van der Waals surface area contributed by atoms with Gasteiger partial charge in [-0.3, -0.25) is 4.99 Å². The maximum absolute atomic E-state index is 7.02.